The third kappa shape index (κ3) is 4.92. The van der Waals surface area contributed by atoms with Crippen LogP contribution in [0.15, 0.2) is 17.0 Å². The summed E-state index contributed by atoms with van der Waals surface area (Å²) in [6.45, 7) is 1.62. The van der Waals surface area contributed by atoms with Gasteiger partial charge in [-0.2, -0.15) is 18.4 Å². The van der Waals surface area contributed by atoms with Crippen molar-refractivity contribution in [2.75, 3.05) is 6.61 Å². The van der Waals surface area contributed by atoms with Crippen LogP contribution < -0.4 is 0 Å². The highest BCUT2D eigenvalue weighted by Gasteiger charge is 2.34. The first-order valence-electron chi connectivity index (χ1n) is 5.80. The Morgan fingerprint density at radius 2 is 2.14 bits per heavy atom. The molecule has 0 heterocycles. The first-order chi connectivity index (χ1) is 10.2. The second-order valence-electron chi connectivity index (χ2n) is 3.88. The van der Waals surface area contributed by atoms with Crippen LogP contribution in [0.1, 0.15) is 18.1 Å². The molecule has 0 fully saturated rings. The van der Waals surface area contributed by atoms with Crippen LogP contribution in [-0.2, 0) is 16.0 Å². The molecule has 0 unspecified atom stereocenters. The van der Waals surface area contributed by atoms with Crippen molar-refractivity contribution in [3.63, 3.8) is 0 Å². The zero-order valence-corrected chi connectivity index (χ0v) is 12.0. The van der Waals surface area contributed by atoms with E-state index >= 15 is 0 Å². The number of rotatable bonds is 5. The molecule has 0 aliphatic heterocycles. The van der Waals surface area contributed by atoms with Crippen LogP contribution >= 0.6 is 11.8 Å². The van der Waals surface area contributed by atoms with Crippen molar-refractivity contribution >= 4 is 23.4 Å². The summed E-state index contributed by atoms with van der Waals surface area (Å²) < 4.78 is 41.9. The third-order valence-electron chi connectivity index (χ3n) is 2.37. The summed E-state index contributed by atoms with van der Waals surface area (Å²) in [6.07, 6.45) is -0.436. The number of esters is 1. The van der Waals surface area contributed by atoms with E-state index in [1.807, 2.05) is 0 Å². The largest absolute Gasteiger partial charge is 0.466 e. The maximum atomic E-state index is 12.4. The number of nitro benzene ring substituents is 1. The lowest BCUT2D eigenvalue weighted by Crippen LogP contribution is -2.10. The van der Waals surface area contributed by atoms with Gasteiger partial charge in [0.15, 0.2) is 0 Å². The first kappa shape index (κ1) is 17.8. The Labute approximate surface area is 127 Å². The van der Waals surface area contributed by atoms with E-state index in [2.05, 4.69) is 4.74 Å². The molecule has 0 atom stereocenters. The van der Waals surface area contributed by atoms with E-state index in [4.69, 9.17) is 5.26 Å². The van der Waals surface area contributed by atoms with Crippen molar-refractivity contribution in [1.29, 1.82) is 5.26 Å². The molecule has 0 saturated heterocycles. The molecule has 0 amide bonds. The van der Waals surface area contributed by atoms with Crippen LogP contribution in [0, 0.1) is 21.4 Å². The number of halogens is 3. The van der Waals surface area contributed by atoms with Gasteiger partial charge in [-0.3, -0.25) is 14.9 Å². The van der Waals surface area contributed by atoms with E-state index in [0.717, 1.165) is 12.1 Å². The molecule has 0 aliphatic carbocycles. The van der Waals surface area contributed by atoms with Gasteiger partial charge in [0.1, 0.15) is 0 Å². The number of nitrogens with zero attached hydrogens (tertiary/aromatic N) is 2. The number of hydrogen-bond donors (Lipinski definition) is 0. The SMILES string of the molecule is CCOC(=O)Cc1cc([N+](=O)[O-])c(SC(F)(F)F)cc1C#N. The summed E-state index contributed by atoms with van der Waals surface area (Å²) in [6, 6.07) is 3.17. The molecule has 0 radical (unpaired) electrons. The number of nitriles is 1. The normalized spacial score (nSPS) is 10.9. The van der Waals surface area contributed by atoms with Crippen LogP contribution in [0.25, 0.3) is 0 Å². The van der Waals surface area contributed by atoms with Gasteiger partial charge in [0.05, 0.1) is 34.5 Å². The van der Waals surface area contributed by atoms with Gasteiger partial charge >= 0.3 is 11.5 Å². The number of ether oxygens (including phenoxy) is 1. The second-order valence-corrected chi connectivity index (χ2v) is 4.98. The van der Waals surface area contributed by atoms with Crippen LogP contribution in [0.4, 0.5) is 18.9 Å². The van der Waals surface area contributed by atoms with Gasteiger partial charge in [-0.15, -0.1) is 0 Å². The zero-order chi connectivity index (χ0) is 16.9. The van der Waals surface area contributed by atoms with Crippen molar-refractivity contribution in [2.45, 2.75) is 23.7 Å². The molecule has 0 bridgehead atoms. The zero-order valence-electron chi connectivity index (χ0n) is 11.1. The fourth-order valence-electron chi connectivity index (χ4n) is 1.58. The molecular formula is C12H9F3N2O4S. The number of thioether (sulfide) groups is 1. The Kier molecular flexibility index (Phi) is 5.76. The fourth-order valence-corrected chi connectivity index (χ4v) is 2.24. The monoisotopic (exact) mass is 334 g/mol. The second kappa shape index (κ2) is 7.13. The topological polar surface area (TPSA) is 93.2 Å². The molecule has 6 nitrogen and oxygen atoms in total. The number of nitro groups is 1. The highest BCUT2D eigenvalue weighted by atomic mass is 32.2. The molecule has 118 valence electrons. The first-order valence-corrected chi connectivity index (χ1v) is 6.62. The van der Waals surface area contributed by atoms with E-state index < -0.39 is 45.2 Å². The Morgan fingerprint density at radius 1 is 1.50 bits per heavy atom. The van der Waals surface area contributed by atoms with Gasteiger partial charge in [0.2, 0.25) is 0 Å². The van der Waals surface area contributed by atoms with E-state index in [0.29, 0.717) is 0 Å². The number of carbonyl (C=O) groups excluding carboxylic acids is 1. The Balaban J connectivity index is 3.31. The minimum Gasteiger partial charge on any atom is -0.466 e. The van der Waals surface area contributed by atoms with Gasteiger partial charge in [-0.05, 0) is 30.3 Å². The predicted molar refractivity (Wildman–Crippen MR) is 70.1 cm³/mol. The summed E-state index contributed by atoms with van der Waals surface area (Å²) in [5.41, 5.74) is -5.86. The Morgan fingerprint density at radius 3 is 2.59 bits per heavy atom. The van der Waals surface area contributed by atoms with Gasteiger partial charge in [-0.25, -0.2) is 0 Å². The van der Waals surface area contributed by atoms with Crippen molar-refractivity contribution in [3.05, 3.63) is 33.4 Å². The van der Waals surface area contributed by atoms with Crippen molar-refractivity contribution in [2.24, 2.45) is 0 Å². The average Bonchev–Trinajstić information content (AvgIpc) is 2.38. The minimum absolute atomic E-state index is 0.0563. The van der Waals surface area contributed by atoms with E-state index in [-0.39, 0.29) is 17.7 Å². The molecular weight excluding hydrogens is 325 g/mol. The van der Waals surface area contributed by atoms with Gasteiger partial charge in [-0.1, -0.05) is 0 Å². The summed E-state index contributed by atoms with van der Waals surface area (Å²) in [7, 11) is 0. The Hall–Kier alpha value is -2.28. The molecule has 1 aromatic rings. The maximum Gasteiger partial charge on any atom is 0.446 e. The predicted octanol–water partition coefficient (Wildman–Crippen LogP) is 3.18. The molecule has 0 spiro atoms. The van der Waals surface area contributed by atoms with E-state index in [1.54, 1.807) is 13.0 Å². The van der Waals surface area contributed by atoms with Gasteiger partial charge in [0, 0.05) is 6.07 Å². The summed E-state index contributed by atoms with van der Waals surface area (Å²) in [5.74, 6) is -0.732. The molecule has 1 aromatic carbocycles. The van der Waals surface area contributed by atoms with Crippen molar-refractivity contribution in [3.8, 4) is 6.07 Å². The average molecular weight is 334 g/mol. The standard InChI is InChI=1S/C12H9F3N2O4S/c1-2-21-11(18)5-7-3-9(17(19)20)10(4-8(7)6-16)22-12(13,14)15/h3-4H,2,5H2,1H3. The highest BCUT2D eigenvalue weighted by molar-refractivity contribution is 8.00. The molecule has 22 heavy (non-hydrogen) atoms. The third-order valence-corrected chi connectivity index (χ3v) is 3.15. The quantitative estimate of drug-likeness (QED) is 0.355. The van der Waals surface area contributed by atoms with E-state index in [1.165, 1.54) is 0 Å². The number of carbonyl (C=O) groups is 1. The molecule has 0 N–H and O–H groups in total. The smallest absolute Gasteiger partial charge is 0.446 e. The Bertz CT molecular complexity index is 640. The number of benzene rings is 1. The fraction of sp³-hybridized carbons (Fsp3) is 0.333. The molecule has 0 aliphatic rings. The van der Waals surface area contributed by atoms with Crippen LogP contribution in [0.3, 0.4) is 0 Å². The van der Waals surface area contributed by atoms with Crippen molar-refractivity contribution < 1.29 is 27.6 Å². The summed E-state index contributed by atoms with van der Waals surface area (Å²) >= 11 is -0.686. The van der Waals surface area contributed by atoms with Crippen LogP contribution in [0.5, 0.6) is 0 Å². The molecule has 0 saturated carbocycles. The highest BCUT2D eigenvalue weighted by Crippen LogP contribution is 2.42. The van der Waals surface area contributed by atoms with Crippen LogP contribution in [0.2, 0.25) is 0 Å². The summed E-state index contributed by atoms with van der Waals surface area (Å²) in [5, 5.41) is 19.8. The maximum absolute atomic E-state index is 12.4. The van der Waals surface area contributed by atoms with Gasteiger partial charge < -0.3 is 4.74 Å². The molecule has 1 rings (SSSR count). The lowest BCUT2D eigenvalue weighted by atomic mass is 10.0. The van der Waals surface area contributed by atoms with Crippen molar-refractivity contribution in [1.82, 2.24) is 0 Å². The minimum atomic E-state index is -4.74. The van der Waals surface area contributed by atoms with Gasteiger partial charge in [0.25, 0.3) is 5.69 Å². The molecule has 10 heteroatoms. The summed E-state index contributed by atoms with van der Waals surface area (Å²) in [4.78, 5) is 20.6. The lowest BCUT2D eigenvalue weighted by Gasteiger charge is -2.09. The van der Waals surface area contributed by atoms with Crippen LogP contribution in [-0.4, -0.2) is 23.0 Å². The number of alkyl halides is 3. The molecule has 0 aromatic heterocycles. The lowest BCUT2D eigenvalue weighted by molar-refractivity contribution is -0.387. The number of hydrogen-bond acceptors (Lipinski definition) is 6. The van der Waals surface area contributed by atoms with E-state index in [9.17, 15) is 28.1 Å².